The van der Waals surface area contributed by atoms with Gasteiger partial charge in [-0.15, -0.1) is 0 Å². The van der Waals surface area contributed by atoms with Gasteiger partial charge in [-0.05, 0) is 74.1 Å². The molecule has 2 heterocycles. The second-order valence-corrected chi connectivity index (χ2v) is 8.47. The molecule has 3 heteroatoms. The van der Waals surface area contributed by atoms with Crippen LogP contribution < -0.4 is 0 Å². The maximum absolute atomic E-state index is 4.15. The van der Waals surface area contributed by atoms with E-state index in [-0.39, 0.29) is 0 Å². The number of rotatable bonds is 5. The van der Waals surface area contributed by atoms with E-state index in [0.29, 0.717) is 5.92 Å². The van der Waals surface area contributed by atoms with Gasteiger partial charge in [0.25, 0.3) is 0 Å². The first-order valence-corrected chi connectivity index (χ1v) is 10.0. The molecular formula is C23H28N2S. The molecule has 0 unspecified atom stereocenters. The summed E-state index contributed by atoms with van der Waals surface area (Å²) < 4.78 is 2.45. The Morgan fingerprint density at radius 2 is 1.58 bits per heavy atom. The summed E-state index contributed by atoms with van der Waals surface area (Å²) >= 11 is 1.92. The maximum atomic E-state index is 4.15. The molecule has 0 saturated heterocycles. The minimum Gasteiger partial charge on any atom is -0.335 e. The molecule has 0 bridgehead atoms. The van der Waals surface area contributed by atoms with Crippen LogP contribution in [-0.2, 0) is 6.54 Å². The second kappa shape index (κ2) is 7.71. The van der Waals surface area contributed by atoms with Crippen molar-refractivity contribution in [1.82, 2.24) is 9.55 Å². The number of aryl methyl sites for hydroxylation is 4. The predicted molar refractivity (Wildman–Crippen MR) is 111 cm³/mol. The number of hydrogen-bond donors (Lipinski definition) is 0. The SMILES string of the molecule is Cc1cc(C)c(Sc2c(C(C)C)cc(C)n2Cc2ccncc2)c(C)c1. The van der Waals surface area contributed by atoms with Crippen molar-refractivity contribution < 1.29 is 0 Å². The third kappa shape index (κ3) is 3.88. The quantitative estimate of drug-likeness (QED) is 0.518. The highest BCUT2D eigenvalue weighted by atomic mass is 32.2. The number of pyridine rings is 1. The molecule has 1 aromatic carbocycles. The molecule has 0 atom stereocenters. The molecule has 0 N–H and O–H groups in total. The van der Waals surface area contributed by atoms with Crippen LogP contribution in [0.15, 0.2) is 52.6 Å². The monoisotopic (exact) mass is 364 g/mol. The highest BCUT2D eigenvalue weighted by molar-refractivity contribution is 7.99. The molecule has 0 spiro atoms. The average Bonchev–Trinajstić information content (AvgIpc) is 2.88. The van der Waals surface area contributed by atoms with Gasteiger partial charge in [0.1, 0.15) is 0 Å². The van der Waals surface area contributed by atoms with E-state index in [4.69, 9.17) is 0 Å². The van der Waals surface area contributed by atoms with Crippen LogP contribution in [0, 0.1) is 27.7 Å². The summed E-state index contributed by atoms with van der Waals surface area (Å²) in [6.45, 7) is 14.3. The van der Waals surface area contributed by atoms with Gasteiger partial charge in [-0.3, -0.25) is 4.98 Å². The van der Waals surface area contributed by atoms with E-state index in [2.05, 4.69) is 81.4 Å². The molecule has 26 heavy (non-hydrogen) atoms. The van der Waals surface area contributed by atoms with Crippen molar-refractivity contribution in [1.29, 1.82) is 0 Å². The van der Waals surface area contributed by atoms with E-state index in [1.165, 1.54) is 43.4 Å². The summed E-state index contributed by atoms with van der Waals surface area (Å²) in [5, 5.41) is 1.37. The Labute approximate surface area is 161 Å². The maximum Gasteiger partial charge on any atom is 0.0837 e. The third-order valence-electron chi connectivity index (χ3n) is 4.80. The number of hydrogen-bond acceptors (Lipinski definition) is 2. The molecule has 3 rings (SSSR count). The zero-order valence-corrected chi connectivity index (χ0v) is 17.4. The molecule has 0 aliphatic heterocycles. The highest BCUT2D eigenvalue weighted by Crippen LogP contribution is 2.39. The van der Waals surface area contributed by atoms with E-state index in [0.717, 1.165) is 6.54 Å². The van der Waals surface area contributed by atoms with Crippen molar-refractivity contribution in [2.45, 2.75) is 63.9 Å². The van der Waals surface area contributed by atoms with Crippen LogP contribution in [-0.4, -0.2) is 9.55 Å². The van der Waals surface area contributed by atoms with E-state index in [9.17, 15) is 0 Å². The Morgan fingerprint density at radius 3 is 2.15 bits per heavy atom. The van der Waals surface area contributed by atoms with Crippen molar-refractivity contribution >= 4 is 11.8 Å². The number of benzene rings is 1. The van der Waals surface area contributed by atoms with Crippen LogP contribution in [0.5, 0.6) is 0 Å². The topological polar surface area (TPSA) is 17.8 Å². The Kier molecular flexibility index (Phi) is 5.57. The summed E-state index contributed by atoms with van der Waals surface area (Å²) in [4.78, 5) is 5.53. The summed E-state index contributed by atoms with van der Waals surface area (Å²) in [7, 11) is 0. The standard InChI is InChI=1S/C23H28N2S/c1-15(2)21-13-19(6)25(14-20-7-9-24-10-8-20)23(21)26-22-17(4)11-16(3)12-18(22)5/h7-13,15H,14H2,1-6H3. The van der Waals surface area contributed by atoms with Crippen LogP contribution in [0.4, 0.5) is 0 Å². The van der Waals surface area contributed by atoms with Crippen LogP contribution in [0.3, 0.4) is 0 Å². The first kappa shape index (κ1) is 18.8. The molecule has 2 aromatic heterocycles. The lowest BCUT2D eigenvalue weighted by atomic mass is 10.1. The first-order valence-electron chi connectivity index (χ1n) is 9.21. The number of aromatic nitrogens is 2. The van der Waals surface area contributed by atoms with Crippen molar-refractivity contribution in [3.63, 3.8) is 0 Å². The van der Waals surface area contributed by atoms with Crippen LogP contribution >= 0.6 is 11.8 Å². The van der Waals surface area contributed by atoms with E-state index in [1.807, 2.05) is 24.2 Å². The molecule has 3 aromatic rings. The first-order chi connectivity index (χ1) is 12.4. The lowest BCUT2D eigenvalue weighted by molar-refractivity contribution is 0.689. The second-order valence-electron chi connectivity index (χ2n) is 7.47. The van der Waals surface area contributed by atoms with Gasteiger partial charge in [-0.1, -0.05) is 43.3 Å². The number of nitrogens with zero attached hydrogens (tertiary/aromatic N) is 2. The fraction of sp³-hybridized carbons (Fsp3) is 0.348. The van der Waals surface area contributed by atoms with Gasteiger partial charge in [-0.2, -0.15) is 0 Å². The zero-order valence-electron chi connectivity index (χ0n) is 16.6. The molecule has 0 aliphatic carbocycles. The molecule has 0 aliphatic rings. The van der Waals surface area contributed by atoms with Crippen molar-refractivity contribution in [2.24, 2.45) is 0 Å². The highest BCUT2D eigenvalue weighted by Gasteiger charge is 2.18. The van der Waals surface area contributed by atoms with Gasteiger partial charge in [0.05, 0.1) is 5.03 Å². The van der Waals surface area contributed by atoms with Gasteiger partial charge in [0, 0.05) is 29.5 Å². The van der Waals surface area contributed by atoms with Crippen LogP contribution in [0.1, 0.15) is 53.3 Å². The lowest BCUT2D eigenvalue weighted by Crippen LogP contribution is -2.04. The lowest BCUT2D eigenvalue weighted by Gasteiger charge is -2.17. The van der Waals surface area contributed by atoms with Crippen molar-refractivity contribution in [2.75, 3.05) is 0 Å². The van der Waals surface area contributed by atoms with Gasteiger partial charge >= 0.3 is 0 Å². The normalized spacial score (nSPS) is 11.3. The van der Waals surface area contributed by atoms with E-state index < -0.39 is 0 Å². The zero-order chi connectivity index (χ0) is 18.8. The van der Waals surface area contributed by atoms with E-state index >= 15 is 0 Å². The van der Waals surface area contributed by atoms with Gasteiger partial charge in [-0.25, -0.2) is 0 Å². The third-order valence-corrected chi connectivity index (χ3v) is 6.30. The minimum atomic E-state index is 0.501. The average molecular weight is 365 g/mol. The van der Waals surface area contributed by atoms with Gasteiger partial charge < -0.3 is 4.57 Å². The Morgan fingerprint density at radius 1 is 0.962 bits per heavy atom. The van der Waals surface area contributed by atoms with Crippen LogP contribution in [0.2, 0.25) is 0 Å². The smallest absolute Gasteiger partial charge is 0.0837 e. The Hall–Kier alpha value is -2.00. The van der Waals surface area contributed by atoms with Crippen molar-refractivity contribution in [3.8, 4) is 0 Å². The predicted octanol–water partition coefficient (Wildman–Crippen LogP) is 6.44. The van der Waals surface area contributed by atoms with Crippen molar-refractivity contribution in [3.05, 3.63) is 76.2 Å². The summed E-state index contributed by atoms with van der Waals surface area (Å²) in [5.74, 6) is 0.501. The largest absolute Gasteiger partial charge is 0.335 e. The minimum absolute atomic E-state index is 0.501. The Balaban J connectivity index is 2.07. The summed E-state index contributed by atoms with van der Waals surface area (Å²) in [5.41, 5.74) is 8.08. The van der Waals surface area contributed by atoms with Gasteiger partial charge in [0.2, 0.25) is 0 Å². The molecule has 136 valence electrons. The van der Waals surface area contributed by atoms with Gasteiger partial charge in [0.15, 0.2) is 0 Å². The van der Waals surface area contributed by atoms with E-state index in [1.54, 1.807) is 0 Å². The molecule has 2 nitrogen and oxygen atoms in total. The summed E-state index contributed by atoms with van der Waals surface area (Å²) in [6, 6.07) is 11.1. The summed E-state index contributed by atoms with van der Waals surface area (Å²) in [6.07, 6.45) is 3.75. The fourth-order valence-electron chi connectivity index (χ4n) is 3.50. The molecular weight excluding hydrogens is 336 g/mol. The molecule has 0 saturated carbocycles. The molecule has 0 radical (unpaired) electrons. The van der Waals surface area contributed by atoms with Crippen LogP contribution in [0.25, 0.3) is 0 Å². The Bertz CT molecular complexity index is 884. The fourth-order valence-corrected chi connectivity index (χ4v) is 4.86. The molecule has 0 fully saturated rings. The molecule has 0 amide bonds.